The van der Waals surface area contributed by atoms with Gasteiger partial charge in [0.2, 0.25) is 5.91 Å². The minimum Gasteiger partial charge on any atom is -0.274 e. The van der Waals surface area contributed by atoms with Gasteiger partial charge in [0.25, 0.3) is 0 Å². The minimum atomic E-state index is 0.00557. The maximum absolute atomic E-state index is 12.4. The van der Waals surface area contributed by atoms with Gasteiger partial charge in [-0.1, -0.05) is 59.6 Å². The summed E-state index contributed by atoms with van der Waals surface area (Å²) in [7, 11) is 0. The molecular formula is C15H16BrN3OS. The van der Waals surface area contributed by atoms with Crippen LogP contribution < -0.4 is 5.43 Å². The Bertz CT molecular complexity index is 612. The summed E-state index contributed by atoms with van der Waals surface area (Å²) in [4.78, 5) is 14.1. The molecule has 2 heterocycles. The van der Waals surface area contributed by atoms with Crippen LogP contribution in [0.15, 0.2) is 40.0 Å². The Balaban J connectivity index is 1.79. The monoisotopic (exact) mass is 365 g/mol. The van der Waals surface area contributed by atoms with Crippen molar-refractivity contribution in [2.24, 2.45) is 5.10 Å². The van der Waals surface area contributed by atoms with Crippen LogP contribution in [0.25, 0.3) is 5.70 Å². The Labute approximate surface area is 136 Å². The molecule has 1 aromatic rings. The zero-order valence-electron chi connectivity index (χ0n) is 11.7. The number of amides is 1. The number of hydrazone groups is 1. The van der Waals surface area contributed by atoms with Crippen LogP contribution in [0.2, 0.25) is 0 Å². The molecule has 4 nitrogen and oxygen atoms in total. The smallest absolute Gasteiger partial charge is 0.246 e. The van der Waals surface area contributed by atoms with Crippen LogP contribution in [0.4, 0.5) is 0 Å². The number of nitrogens with one attached hydrogen (secondary N) is 1. The van der Waals surface area contributed by atoms with E-state index in [4.69, 9.17) is 0 Å². The molecule has 0 aromatic heterocycles. The van der Waals surface area contributed by atoms with Crippen molar-refractivity contribution in [3.05, 3.63) is 40.5 Å². The summed E-state index contributed by atoms with van der Waals surface area (Å²) in [6.07, 6.45) is 4.94. The average molecular weight is 366 g/mol. The molecule has 2 aliphatic heterocycles. The summed E-state index contributed by atoms with van der Waals surface area (Å²) >= 11 is 4.97. The highest BCUT2D eigenvalue weighted by molar-refractivity contribution is 9.10. The zero-order chi connectivity index (χ0) is 14.8. The van der Waals surface area contributed by atoms with Gasteiger partial charge in [0.15, 0.2) is 5.17 Å². The molecule has 1 N–H and O–H groups in total. The van der Waals surface area contributed by atoms with E-state index < -0.39 is 0 Å². The number of rotatable bonds is 4. The van der Waals surface area contributed by atoms with Crippen LogP contribution in [-0.4, -0.2) is 21.2 Å². The molecular weight excluding hydrogens is 350 g/mol. The Morgan fingerprint density at radius 2 is 2.14 bits per heavy atom. The highest BCUT2D eigenvalue weighted by Gasteiger charge is 2.38. The van der Waals surface area contributed by atoms with Gasteiger partial charge in [-0.2, -0.15) is 0 Å². The standard InChI is InChI=1S/C15H16BrN3OS/c1-2-3-4-13-14(20)19-9-12(17-18-15(19)21-13)10-5-7-11(16)8-6-10/h5-9,13,17H,2-4H2,1H3/t13-/m1/s1. The molecule has 1 fully saturated rings. The van der Waals surface area contributed by atoms with Gasteiger partial charge in [0.05, 0.1) is 10.9 Å². The fourth-order valence-corrected chi connectivity index (χ4v) is 3.66. The molecule has 1 atom stereocenters. The number of nitrogens with zero attached hydrogens (tertiary/aromatic N) is 2. The summed E-state index contributed by atoms with van der Waals surface area (Å²) in [5.74, 6) is 0.142. The van der Waals surface area contributed by atoms with E-state index in [-0.39, 0.29) is 11.2 Å². The summed E-state index contributed by atoms with van der Waals surface area (Å²) in [5.41, 5.74) is 4.90. The predicted molar refractivity (Wildman–Crippen MR) is 90.4 cm³/mol. The number of halogens is 1. The maximum Gasteiger partial charge on any atom is 0.246 e. The third kappa shape index (κ3) is 3.01. The van der Waals surface area contributed by atoms with Crippen molar-refractivity contribution in [2.75, 3.05) is 0 Å². The van der Waals surface area contributed by atoms with Crippen molar-refractivity contribution in [1.82, 2.24) is 10.3 Å². The van der Waals surface area contributed by atoms with Crippen molar-refractivity contribution in [3.8, 4) is 0 Å². The third-order valence-electron chi connectivity index (χ3n) is 3.47. The van der Waals surface area contributed by atoms with Gasteiger partial charge >= 0.3 is 0 Å². The molecule has 0 saturated carbocycles. The summed E-state index contributed by atoms with van der Waals surface area (Å²) in [6.45, 7) is 2.14. The first-order chi connectivity index (χ1) is 10.2. The van der Waals surface area contributed by atoms with Crippen LogP contribution in [0.5, 0.6) is 0 Å². The van der Waals surface area contributed by atoms with Gasteiger partial charge in [0, 0.05) is 16.2 Å². The highest BCUT2D eigenvalue weighted by atomic mass is 79.9. The highest BCUT2D eigenvalue weighted by Crippen LogP contribution is 2.33. The van der Waals surface area contributed by atoms with Crippen LogP contribution in [0.3, 0.4) is 0 Å². The Morgan fingerprint density at radius 3 is 2.86 bits per heavy atom. The molecule has 3 rings (SSSR count). The molecule has 0 spiro atoms. The van der Waals surface area contributed by atoms with Crippen LogP contribution in [0.1, 0.15) is 31.7 Å². The van der Waals surface area contributed by atoms with E-state index in [2.05, 4.69) is 33.4 Å². The quantitative estimate of drug-likeness (QED) is 0.883. The number of hydrogen-bond acceptors (Lipinski definition) is 4. The SMILES string of the molecule is CCCC[C@H]1SC2=NNC(c3ccc(Br)cc3)=CN2C1=O. The molecule has 21 heavy (non-hydrogen) atoms. The van der Waals surface area contributed by atoms with Gasteiger partial charge in [-0.3, -0.25) is 15.1 Å². The van der Waals surface area contributed by atoms with Gasteiger partial charge < -0.3 is 0 Å². The van der Waals surface area contributed by atoms with Gasteiger partial charge in [-0.05, 0) is 18.6 Å². The van der Waals surface area contributed by atoms with Crippen LogP contribution in [-0.2, 0) is 4.79 Å². The first-order valence-electron chi connectivity index (χ1n) is 7.00. The fourth-order valence-electron chi connectivity index (χ4n) is 2.29. The lowest BCUT2D eigenvalue weighted by Crippen LogP contribution is -2.32. The van der Waals surface area contributed by atoms with E-state index >= 15 is 0 Å². The summed E-state index contributed by atoms with van der Waals surface area (Å²) < 4.78 is 1.03. The molecule has 0 radical (unpaired) electrons. The van der Waals surface area contributed by atoms with Crippen molar-refractivity contribution in [3.63, 3.8) is 0 Å². The fraction of sp³-hybridized carbons (Fsp3) is 0.333. The summed E-state index contributed by atoms with van der Waals surface area (Å²) in [5, 5.41) is 5.09. The van der Waals surface area contributed by atoms with E-state index in [1.807, 2.05) is 30.5 Å². The number of amidine groups is 1. The second-order valence-corrected chi connectivity index (χ2v) is 7.10. The van der Waals surface area contributed by atoms with Gasteiger partial charge in [-0.25, -0.2) is 0 Å². The Hall–Kier alpha value is -1.27. The van der Waals surface area contributed by atoms with Crippen LogP contribution in [0, 0.1) is 0 Å². The molecule has 0 unspecified atom stereocenters. The van der Waals surface area contributed by atoms with E-state index in [1.54, 1.807) is 16.7 Å². The molecule has 0 aliphatic carbocycles. The molecule has 2 aliphatic rings. The molecule has 1 amide bonds. The van der Waals surface area contributed by atoms with Crippen molar-refractivity contribution >= 4 is 44.5 Å². The molecule has 1 saturated heterocycles. The van der Waals surface area contributed by atoms with E-state index in [9.17, 15) is 4.79 Å². The molecule has 1 aromatic carbocycles. The van der Waals surface area contributed by atoms with Crippen molar-refractivity contribution < 1.29 is 4.79 Å². The number of hydrogen-bond donors (Lipinski definition) is 1. The first-order valence-corrected chi connectivity index (χ1v) is 8.67. The van der Waals surface area contributed by atoms with E-state index in [0.717, 1.165) is 40.2 Å². The second kappa shape index (κ2) is 6.23. The lowest BCUT2D eigenvalue weighted by molar-refractivity contribution is -0.124. The van der Waals surface area contributed by atoms with Gasteiger partial charge in [-0.15, -0.1) is 5.10 Å². The predicted octanol–water partition coefficient (Wildman–Crippen LogP) is 3.76. The average Bonchev–Trinajstić information content (AvgIpc) is 2.82. The minimum absolute atomic E-state index is 0.00557. The number of thioether (sulfide) groups is 1. The van der Waals surface area contributed by atoms with Crippen LogP contribution >= 0.6 is 27.7 Å². The Kier molecular flexibility index (Phi) is 4.35. The summed E-state index contributed by atoms with van der Waals surface area (Å²) in [6, 6.07) is 7.93. The Morgan fingerprint density at radius 1 is 1.38 bits per heavy atom. The number of carbonyl (C=O) groups is 1. The number of benzene rings is 1. The normalized spacial score (nSPS) is 20.8. The van der Waals surface area contributed by atoms with Crippen molar-refractivity contribution in [1.29, 1.82) is 0 Å². The van der Waals surface area contributed by atoms with E-state index in [0.29, 0.717) is 0 Å². The number of fused-ring (bicyclic) bond motifs is 1. The first kappa shape index (κ1) is 14.7. The second-order valence-electron chi connectivity index (χ2n) is 5.01. The third-order valence-corrected chi connectivity index (χ3v) is 5.22. The molecule has 0 bridgehead atoms. The van der Waals surface area contributed by atoms with Crippen molar-refractivity contribution in [2.45, 2.75) is 31.4 Å². The zero-order valence-corrected chi connectivity index (χ0v) is 14.1. The molecule has 6 heteroatoms. The lowest BCUT2D eigenvalue weighted by Gasteiger charge is -2.19. The number of carbonyl (C=O) groups excluding carboxylic acids is 1. The van der Waals surface area contributed by atoms with Gasteiger partial charge in [0.1, 0.15) is 0 Å². The largest absolute Gasteiger partial charge is 0.274 e. The molecule has 110 valence electrons. The topological polar surface area (TPSA) is 44.7 Å². The lowest BCUT2D eigenvalue weighted by atomic mass is 10.1. The maximum atomic E-state index is 12.4. The van der Waals surface area contributed by atoms with E-state index in [1.165, 1.54) is 0 Å². The number of unbranched alkanes of at least 4 members (excludes halogenated alkanes) is 1.